The first-order chi connectivity index (χ1) is 7.65. The van der Waals surface area contributed by atoms with E-state index in [4.69, 9.17) is 5.73 Å². The standard InChI is InChI=1S/C11H18N4O/c1-3-4-5-6-13-11(16)10(12)9-7-14-15(2)8-9/h3-4,7-8,10H,5-6,12H2,1-2H3,(H,13,16)/b4-3+. The third kappa shape index (κ3) is 3.51. The first kappa shape index (κ1) is 12.4. The van der Waals surface area contributed by atoms with E-state index in [2.05, 4.69) is 10.4 Å². The number of amides is 1. The molecule has 0 radical (unpaired) electrons. The highest BCUT2D eigenvalue weighted by molar-refractivity contribution is 5.82. The highest BCUT2D eigenvalue weighted by Gasteiger charge is 2.16. The molecule has 16 heavy (non-hydrogen) atoms. The molecule has 0 aliphatic rings. The Hall–Kier alpha value is -1.62. The summed E-state index contributed by atoms with van der Waals surface area (Å²) in [7, 11) is 1.79. The van der Waals surface area contributed by atoms with E-state index >= 15 is 0 Å². The second-order valence-electron chi connectivity index (χ2n) is 3.57. The van der Waals surface area contributed by atoms with Gasteiger partial charge in [0.15, 0.2) is 0 Å². The van der Waals surface area contributed by atoms with Crippen molar-refractivity contribution < 1.29 is 4.79 Å². The lowest BCUT2D eigenvalue weighted by molar-refractivity contribution is -0.122. The summed E-state index contributed by atoms with van der Waals surface area (Å²) in [6.07, 6.45) is 8.12. The van der Waals surface area contributed by atoms with E-state index in [0.29, 0.717) is 6.54 Å². The number of rotatable bonds is 5. The summed E-state index contributed by atoms with van der Waals surface area (Å²) in [4.78, 5) is 11.6. The van der Waals surface area contributed by atoms with Crippen LogP contribution < -0.4 is 11.1 Å². The van der Waals surface area contributed by atoms with Crippen LogP contribution in [0.1, 0.15) is 24.9 Å². The number of nitrogens with two attached hydrogens (primary N) is 1. The molecule has 0 fully saturated rings. The topological polar surface area (TPSA) is 72.9 Å². The van der Waals surface area contributed by atoms with Gasteiger partial charge in [-0.05, 0) is 13.3 Å². The Bertz CT molecular complexity index is 370. The molecule has 0 saturated heterocycles. The van der Waals surface area contributed by atoms with Gasteiger partial charge in [0.25, 0.3) is 0 Å². The quantitative estimate of drug-likeness (QED) is 0.563. The zero-order chi connectivity index (χ0) is 12.0. The molecule has 1 aromatic heterocycles. The van der Waals surface area contributed by atoms with Crippen molar-refractivity contribution in [1.29, 1.82) is 0 Å². The van der Waals surface area contributed by atoms with Gasteiger partial charge in [0, 0.05) is 25.4 Å². The van der Waals surface area contributed by atoms with Crippen LogP contribution in [0.2, 0.25) is 0 Å². The van der Waals surface area contributed by atoms with E-state index in [1.165, 1.54) is 0 Å². The summed E-state index contributed by atoms with van der Waals surface area (Å²) in [6.45, 7) is 2.56. The number of allylic oxidation sites excluding steroid dienone is 1. The maximum atomic E-state index is 11.6. The summed E-state index contributed by atoms with van der Waals surface area (Å²) in [5.74, 6) is -0.169. The second kappa shape index (κ2) is 6.07. The zero-order valence-electron chi connectivity index (χ0n) is 9.68. The molecular formula is C11H18N4O. The molecule has 1 heterocycles. The molecule has 0 aliphatic carbocycles. The Morgan fingerprint density at radius 1 is 1.75 bits per heavy atom. The van der Waals surface area contributed by atoms with Gasteiger partial charge >= 0.3 is 0 Å². The molecule has 1 unspecified atom stereocenters. The molecule has 0 saturated carbocycles. The first-order valence-electron chi connectivity index (χ1n) is 5.28. The Morgan fingerprint density at radius 3 is 3.06 bits per heavy atom. The monoisotopic (exact) mass is 222 g/mol. The number of nitrogens with zero attached hydrogens (tertiary/aromatic N) is 2. The maximum Gasteiger partial charge on any atom is 0.241 e. The normalized spacial score (nSPS) is 12.9. The van der Waals surface area contributed by atoms with E-state index in [-0.39, 0.29) is 5.91 Å². The van der Waals surface area contributed by atoms with Crippen molar-refractivity contribution in [1.82, 2.24) is 15.1 Å². The Kier molecular flexibility index (Phi) is 4.72. The minimum atomic E-state index is -0.640. The van der Waals surface area contributed by atoms with Crippen molar-refractivity contribution in [3.05, 3.63) is 30.1 Å². The Labute approximate surface area is 95.3 Å². The van der Waals surface area contributed by atoms with Crippen molar-refractivity contribution in [2.75, 3.05) is 6.54 Å². The van der Waals surface area contributed by atoms with Gasteiger partial charge in [-0.1, -0.05) is 12.2 Å². The molecule has 0 aromatic carbocycles. The predicted octanol–water partition coefficient (Wildman–Crippen LogP) is 0.502. The van der Waals surface area contributed by atoms with Crippen molar-refractivity contribution in [3.8, 4) is 0 Å². The Morgan fingerprint density at radius 2 is 2.50 bits per heavy atom. The second-order valence-corrected chi connectivity index (χ2v) is 3.57. The summed E-state index contributed by atoms with van der Waals surface area (Å²) in [6, 6.07) is -0.640. The average Bonchev–Trinajstić information content (AvgIpc) is 2.70. The van der Waals surface area contributed by atoms with Crippen LogP contribution in [-0.4, -0.2) is 22.2 Å². The zero-order valence-corrected chi connectivity index (χ0v) is 9.68. The third-order valence-electron chi connectivity index (χ3n) is 2.21. The highest BCUT2D eigenvalue weighted by atomic mass is 16.2. The van der Waals surface area contributed by atoms with Gasteiger partial charge in [-0.2, -0.15) is 5.10 Å². The number of carbonyl (C=O) groups excluding carboxylic acids is 1. The highest BCUT2D eigenvalue weighted by Crippen LogP contribution is 2.07. The number of nitrogens with one attached hydrogen (secondary N) is 1. The van der Waals surface area contributed by atoms with Crippen molar-refractivity contribution >= 4 is 5.91 Å². The summed E-state index contributed by atoms with van der Waals surface area (Å²) >= 11 is 0. The largest absolute Gasteiger partial charge is 0.354 e. The summed E-state index contributed by atoms with van der Waals surface area (Å²) < 4.78 is 1.63. The molecule has 5 heteroatoms. The van der Waals surface area contributed by atoms with E-state index in [9.17, 15) is 4.79 Å². The number of aryl methyl sites for hydroxylation is 1. The molecule has 0 bridgehead atoms. The molecule has 5 nitrogen and oxygen atoms in total. The first-order valence-corrected chi connectivity index (χ1v) is 5.28. The van der Waals surface area contributed by atoms with Crippen LogP contribution in [0.25, 0.3) is 0 Å². The molecule has 0 aliphatic heterocycles. The van der Waals surface area contributed by atoms with Crippen molar-refractivity contribution in [3.63, 3.8) is 0 Å². The molecule has 1 amide bonds. The molecule has 0 spiro atoms. The molecule has 1 atom stereocenters. The summed E-state index contributed by atoms with van der Waals surface area (Å²) in [5.41, 5.74) is 6.51. The third-order valence-corrected chi connectivity index (χ3v) is 2.21. The van der Waals surface area contributed by atoms with Crippen LogP contribution in [0.3, 0.4) is 0 Å². The molecule has 3 N–H and O–H groups in total. The SMILES string of the molecule is C/C=C/CCNC(=O)C(N)c1cnn(C)c1. The van der Waals surface area contributed by atoms with Crippen molar-refractivity contribution in [2.24, 2.45) is 12.8 Å². The number of hydrogen-bond donors (Lipinski definition) is 2. The van der Waals surface area contributed by atoms with Gasteiger partial charge in [-0.25, -0.2) is 0 Å². The Balaban J connectivity index is 2.42. The number of hydrogen-bond acceptors (Lipinski definition) is 3. The van der Waals surface area contributed by atoms with Crippen LogP contribution in [0, 0.1) is 0 Å². The number of carbonyl (C=O) groups is 1. The molecule has 88 valence electrons. The molecule has 1 rings (SSSR count). The fourth-order valence-electron chi connectivity index (χ4n) is 1.31. The van der Waals surface area contributed by atoms with Crippen molar-refractivity contribution in [2.45, 2.75) is 19.4 Å². The number of aromatic nitrogens is 2. The molecular weight excluding hydrogens is 204 g/mol. The van der Waals surface area contributed by atoms with Crippen LogP contribution in [0.5, 0.6) is 0 Å². The van der Waals surface area contributed by atoms with Crippen LogP contribution in [0.4, 0.5) is 0 Å². The van der Waals surface area contributed by atoms with Crippen LogP contribution in [0.15, 0.2) is 24.5 Å². The van der Waals surface area contributed by atoms with Crippen LogP contribution in [-0.2, 0) is 11.8 Å². The van der Waals surface area contributed by atoms with E-state index in [0.717, 1.165) is 12.0 Å². The molecule has 1 aromatic rings. The van der Waals surface area contributed by atoms with E-state index in [1.807, 2.05) is 19.1 Å². The van der Waals surface area contributed by atoms with Gasteiger partial charge in [0.05, 0.1) is 6.20 Å². The van der Waals surface area contributed by atoms with E-state index < -0.39 is 6.04 Å². The lowest BCUT2D eigenvalue weighted by Crippen LogP contribution is -2.34. The minimum Gasteiger partial charge on any atom is -0.354 e. The van der Waals surface area contributed by atoms with Crippen LogP contribution >= 0.6 is 0 Å². The minimum absolute atomic E-state index is 0.169. The average molecular weight is 222 g/mol. The van der Waals surface area contributed by atoms with Gasteiger partial charge in [0.2, 0.25) is 5.91 Å². The van der Waals surface area contributed by atoms with Gasteiger partial charge in [0.1, 0.15) is 6.04 Å². The fourth-order valence-corrected chi connectivity index (χ4v) is 1.31. The lowest BCUT2D eigenvalue weighted by atomic mass is 10.1. The van der Waals surface area contributed by atoms with Gasteiger partial charge in [-0.3, -0.25) is 9.48 Å². The smallest absolute Gasteiger partial charge is 0.241 e. The predicted molar refractivity (Wildman–Crippen MR) is 62.6 cm³/mol. The van der Waals surface area contributed by atoms with Gasteiger partial charge < -0.3 is 11.1 Å². The van der Waals surface area contributed by atoms with Gasteiger partial charge in [-0.15, -0.1) is 0 Å². The lowest BCUT2D eigenvalue weighted by Gasteiger charge is -2.09. The summed E-state index contributed by atoms with van der Waals surface area (Å²) in [5, 5.41) is 6.75. The maximum absolute atomic E-state index is 11.6. The van der Waals surface area contributed by atoms with E-state index in [1.54, 1.807) is 24.1 Å². The fraction of sp³-hybridized carbons (Fsp3) is 0.455.